The quantitative estimate of drug-likeness (QED) is 0.730. The highest BCUT2D eigenvalue weighted by Gasteiger charge is 2.09. The molecule has 0 fully saturated rings. The van der Waals surface area contributed by atoms with Gasteiger partial charge in [0.2, 0.25) is 5.95 Å². The summed E-state index contributed by atoms with van der Waals surface area (Å²) in [6.45, 7) is 1.92. The molecule has 0 aliphatic carbocycles. The minimum atomic E-state index is 0.346. The van der Waals surface area contributed by atoms with Gasteiger partial charge < -0.3 is 4.42 Å². The number of H-pyrrole nitrogens is 1. The van der Waals surface area contributed by atoms with Crippen LogP contribution >= 0.6 is 11.6 Å². The van der Waals surface area contributed by atoms with Crippen LogP contribution in [-0.4, -0.2) is 20.2 Å². The van der Waals surface area contributed by atoms with Crippen molar-refractivity contribution >= 4 is 34.7 Å². The molecule has 0 saturated carbocycles. The second-order valence-electron chi connectivity index (χ2n) is 3.55. The summed E-state index contributed by atoms with van der Waals surface area (Å²) in [4.78, 5) is 8.18. The van der Waals surface area contributed by atoms with Gasteiger partial charge in [0.1, 0.15) is 11.8 Å². The van der Waals surface area contributed by atoms with Crippen LogP contribution in [0, 0.1) is 6.92 Å². The van der Waals surface area contributed by atoms with Crippen LogP contribution in [0.5, 0.6) is 0 Å². The Bertz CT molecular complexity index is 622. The van der Waals surface area contributed by atoms with E-state index in [1.54, 1.807) is 6.07 Å². The lowest BCUT2D eigenvalue weighted by molar-refractivity contribution is 0.622. The van der Waals surface area contributed by atoms with E-state index in [0.29, 0.717) is 22.6 Å². The van der Waals surface area contributed by atoms with Crippen molar-refractivity contribution in [1.82, 2.24) is 20.2 Å². The SMILES string of the molecule is Cc1cc2nc(Nc3ncn[nH]3)oc2cc1Cl. The number of benzene rings is 1. The van der Waals surface area contributed by atoms with Crippen LogP contribution in [0.3, 0.4) is 0 Å². The van der Waals surface area contributed by atoms with Crippen molar-refractivity contribution in [3.05, 3.63) is 29.0 Å². The molecule has 0 aliphatic rings. The molecular weight excluding hydrogens is 242 g/mol. The lowest BCUT2D eigenvalue weighted by Crippen LogP contribution is -1.91. The van der Waals surface area contributed by atoms with Crippen molar-refractivity contribution in [3.63, 3.8) is 0 Å². The fraction of sp³-hybridized carbons (Fsp3) is 0.100. The van der Waals surface area contributed by atoms with Crippen LogP contribution in [0.2, 0.25) is 5.02 Å². The Kier molecular flexibility index (Phi) is 2.22. The number of rotatable bonds is 2. The molecule has 2 heterocycles. The summed E-state index contributed by atoms with van der Waals surface area (Å²) in [5.74, 6) is 0.472. The average Bonchev–Trinajstić information content (AvgIpc) is 2.89. The maximum atomic E-state index is 6.00. The van der Waals surface area contributed by atoms with Gasteiger partial charge in [0, 0.05) is 11.1 Å². The number of aromatic nitrogens is 4. The molecule has 1 aromatic carbocycles. The van der Waals surface area contributed by atoms with E-state index in [1.165, 1.54) is 6.33 Å². The third kappa shape index (κ3) is 1.83. The zero-order chi connectivity index (χ0) is 11.8. The molecule has 0 bridgehead atoms. The summed E-state index contributed by atoms with van der Waals surface area (Å²) in [6.07, 6.45) is 1.39. The van der Waals surface area contributed by atoms with Gasteiger partial charge in [-0.3, -0.25) is 5.32 Å². The number of nitrogens with zero attached hydrogens (tertiary/aromatic N) is 3. The molecular formula is C10H8ClN5O. The highest BCUT2D eigenvalue weighted by Crippen LogP contribution is 2.26. The fourth-order valence-electron chi connectivity index (χ4n) is 1.47. The summed E-state index contributed by atoms with van der Waals surface area (Å²) in [5, 5.41) is 9.88. The summed E-state index contributed by atoms with van der Waals surface area (Å²) < 4.78 is 5.48. The van der Waals surface area contributed by atoms with Crippen LogP contribution in [0.15, 0.2) is 22.9 Å². The Hall–Kier alpha value is -2.08. The standard InChI is InChI=1S/C10H8ClN5O/c1-5-2-7-8(3-6(5)11)17-10(14-7)15-9-12-4-13-16-9/h2-4H,1H3,(H2,12,13,14,15,16). The topological polar surface area (TPSA) is 79.6 Å². The molecule has 0 amide bonds. The number of aromatic amines is 1. The Labute approximate surface area is 101 Å². The number of hydrogen-bond acceptors (Lipinski definition) is 5. The normalized spacial score (nSPS) is 10.9. The van der Waals surface area contributed by atoms with E-state index in [0.717, 1.165) is 11.1 Å². The first-order valence-corrected chi connectivity index (χ1v) is 5.29. The molecule has 7 heteroatoms. The number of nitrogens with one attached hydrogen (secondary N) is 2. The number of hydrogen-bond donors (Lipinski definition) is 2. The number of oxazole rings is 1. The highest BCUT2D eigenvalue weighted by molar-refractivity contribution is 6.32. The largest absolute Gasteiger partial charge is 0.423 e. The summed E-state index contributed by atoms with van der Waals surface area (Å²) in [6, 6.07) is 3.95. The molecule has 0 saturated heterocycles. The molecule has 3 rings (SSSR count). The molecule has 17 heavy (non-hydrogen) atoms. The van der Waals surface area contributed by atoms with Gasteiger partial charge in [0.15, 0.2) is 5.58 Å². The van der Waals surface area contributed by atoms with Gasteiger partial charge in [-0.15, -0.1) is 0 Å². The van der Waals surface area contributed by atoms with Crippen molar-refractivity contribution in [2.24, 2.45) is 0 Å². The lowest BCUT2D eigenvalue weighted by atomic mass is 10.2. The molecule has 0 radical (unpaired) electrons. The monoisotopic (exact) mass is 249 g/mol. The second-order valence-corrected chi connectivity index (χ2v) is 3.95. The Morgan fingerprint density at radius 1 is 1.41 bits per heavy atom. The van der Waals surface area contributed by atoms with Gasteiger partial charge in [0.25, 0.3) is 0 Å². The first-order chi connectivity index (χ1) is 8.22. The van der Waals surface area contributed by atoms with E-state index in [2.05, 4.69) is 25.5 Å². The number of anilines is 2. The molecule has 0 aliphatic heterocycles. The molecule has 2 N–H and O–H groups in total. The van der Waals surface area contributed by atoms with Gasteiger partial charge in [-0.05, 0) is 18.6 Å². The van der Waals surface area contributed by atoms with Crippen LogP contribution in [0.25, 0.3) is 11.1 Å². The summed E-state index contributed by atoms with van der Waals surface area (Å²) in [5.41, 5.74) is 2.33. The van der Waals surface area contributed by atoms with Crippen LogP contribution in [0.1, 0.15) is 5.56 Å². The zero-order valence-corrected chi connectivity index (χ0v) is 9.62. The van der Waals surface area contributed by atoms with Crippen LogP contribution in [-0.2, 0) is 0 Å². The Morgan fingerprint density at radius 3 is 3.06 bits per heavy atom. The molecule has 86 valence electrons. The first-order valence-electron chi connectivity index (χ1n) is 4.91. The molecule has 0 spiro atoms. The van der Waals surface area contributed by atoms with E-state index in [4.69, 9.17) is 16.0 Å². The van der Waals surface area contributed by atoms with Crippen molar-refractivity contribution in [1.29, 1.82) is 0 Å². The Balaban J connectivity index is 2.02. The summed E-state index contributed by atoms with van der Waals surface area (Å²) in [7, 11) is 0. The van der Waals surface area contributed by atoms with Gasteiger partial charge in [-0.2, -0.15) is 15.1 Å². The highest BCUT2D eigenvalue weighted by atomic mass is 35.5. The second kappa shape index (κ2) is 3.74. The van der Waals surface area contributed by atoms with Crippen LogP contribution in [0.4, 0.5) is 12.0 Å². The van der Waals surface area contributed by atoms with Crippen molar-refractivity contribution in [3.8, 4) is 0 Å². The van der Waals surface area contributed by atoms with Gasteiger partial charge in [-0.25, -0.2) is 5.10 Å². The third-order valence-corrected chi connectivity index (χ3v) is 2.72. The van der Waals surface area contributed by atoms with Gasteiger partial charge in [0.05, 0.1) is 0 Å². The van der Waals surface area contributed by atoms with Crippen molar-refractivity contribution in [2.45, 2.75) is 6.92 Å². The van der Waals surface area contributed by atoms with E-state index in [-0.39, 0.29) is 0 Å². The average molecular weight is 250 g/mol. The van der Waals surface area contributed by atoms with Gasteiger partial charge >= 0.3 is 6.01 Å². The van der Waals surface area contributed by atoms with E-state index in [1.807, 2.05) is 13.0 Å². The maximum Gasteiger partial charge on any atom is 0.302 e. The predicted octanol–water partition coefficient (Wildman–Crippen LogP) is 2.65. The molecule has 0 unspecified atom stereocenters. The zero-order valence-electron chi connectivity index (χ0n) is 8.86. The minimum absolute atomic E-state index is 0.346. The summed E-state index contributed by atoms with van der Waals surface area (Å²) >= 11 is 6.00. The fourth-order valence-corrected chi connectivity index (χ4v) is 1.63. The maximum absolute atomic E-state index is 6.00. The van der Waals surface area contributed by atoms with E-state index < -0.39 is 0 Å². The Morgan fingerprint density at radius 2 is 2.29 bits per heavy atom. The van der Waals surface area contributed by atoms with E-state index >= 15 is 0 Å². The molecule has 6 nitrogen and oxygen atoms in total. The smallest absolute Gasteiger partial charge is 0.302 e. The minimum Gasteiger partial charge on any atom is -0.423 e. The molecule has 0 atom stereocenters. The third-order valence-electron chi connectivity index (χ3n) is 2.31. The molecule has 2 aromatic heterocycles. The molecule has 3 aromatic rings. The van der Waals surface area contributed by atoms with E-state index in [9.17, 15) is 0 Å². The lowest BCUT2D eigenvalue weighted by Gasteiger charge is -1.94. The first kappa shape index (κ1) is 10.1. The van der Waals surface area contributed by atoms with Gasteiger partial charge in [-0.1, -0.05) is 11.6 Å². The van der Waals surface area contributed by atoms with Crippen LogP contribution < -0.4 is 5.32 Å². The number of fused-ring (bicyclic) bond motifs is 1. The van der Waals surface area contributed by atoms with Crippen molar-refractivity contribution in [2.75, 3.05) is 5.32 Å². The predicted molar refractivity (Wildman–Crippen MR) is 63.4 cm³/mol. The number of aryl methyl sites for hydroxylation is 1. The number of halogens is 1. The van der Waals surface area contributed by atoms with Crippen molar-refractivity contribution < 1.29 is 4.42 Å².